The number of rotatable bonds is 5. The minimum absolute atomic E-state index is 0.329. The summed E-state index contributed by atoms with van der Waals surface area (Å²) in [6.07, 6.45) is 3.36. The van der Waals surface area contributed by atoms with Crippen LogP contribution < -0.4 is 10.6 Å². The van der Waals surface area contributed by atoms with Crippen molar-refractivity contribution in [3.63, 3.8) is 0 Å². The lowest BCUT2D eigenvalue weighted by molar-refractivity contribution is 0.102. The molecule has 2 aromatic rings. The van der Waals surface area contributed by atoms with Crippen molar-refractivity contribution >= 4 is 17.4 Å². The highest BCUT2D eigenvalue weighted by Crippen LogP contribution is 2.11. The van der Waals surface area contributed by atoms with Crippen LogP contribution in [0.25, 0.3) is 0 Å². The molecule has 0 aliphatic carbocycles. The fraction of sp³-hybridized carbons (Fsp3) is 0.0667. The number of carbonyl (C=O) groups excluding carboxylic acids is 1. The quantitative estimate of drug-likeness (QED) is 0.822. The SMILES string of the molecule is C=CCNc1ccc(NC(=O)c2ccc(F)cc2)nc1. The first kappa shape index (κ1) is 13.7. The molecule has 20 heavy (non-hydrogen) atoms. The lowest BCUT2D eigenvalue weighted by atomic mass is 10.2. The van der Waals surface area contributed by atoms with Gasteiger partial charge in [-0.3, -0.25) is 4.79 Å². The summed E-state index contributed by atoms with van der Waals surface area (Å²) >= 11 is 0. The van der Waals surface area contributed by atoms with Crippen LogP contribution in [0.4, 0.5) is 15.9 Å². The fourth-order valence-corrected chi connectivity index (χ4v) is 1.55. The first-order valence-electron chi connectivity index (χ1n) is 6.07. The predicted octanol–water partition coefficient (Wildman–Crippen LogP) is 3.07. The van der Waals surface area contributed by atoms with Gasteiger partial charge in [0.15, 0.2) is 0 Å². The Kier molecular flexibility index (Phi) is 4.44. The summed E-state index contributed by atoms with van der Waals surface area (Å²) in [6, 6.07) is 8.81. The average molecular weight is 271 g/mol. The molecule has 0 fully saturated rings. The number of amides is 1. The Morgan fingerprint density at radius 1 is 1.25 bits per heavy atom. The Balaban J connectivity index is 2.00. The highest BCUT2D eigenvalue weighted by atomic mass is 19.1. The molecule has 0 saturated carbocycles. The molecule has 0 saturated heterocycles. The van der Waals surface area contributed by atoms with Crippen molar-refractivity contribution in [1.82, 2.24) is 4.98 Å². The number of halogens is 1. The summed E-state index contributed by atoms with van der Waals surface area (Å²) in [6.45, 7) is 4.25. The Bertz CT molecular complexity index is 594. The Hall–Kier alpha value is -2.69. The lowest BCUT2D eigenvalue weighted by Gasteiger charge is -2.06. The molecule has 2 rings (SSSR count). The second kappa shape index (κ2) is 6.47. The van der Waals surface area contributed by atoms with Crippen LogP contribution >= 0.6 is 0 Å². The average Bonchev–Trinajstić information content (AvgIpc) is 2.47. The zero-order chi connectivity index (χ0) is 14.4. The highest BCUT2D eigenvalue weighted by Gasteiger charge is 2.06. The van der Waals surface area contributed by atoms with Crippen molar-refractivity contribution in [1.29, 1.82) is 0 Å². The van der Waals surface area contributed by atoms with Crippen molar-refractivity contribution in [2.24, 2.45) is 0 Å². The van der Waals surface area contributed by atoms with Gasteiger partial charge in [-0.15, -0.1) is 6.58 Å². The van der Waals surface area contributed by atoms with E-state index in [2.05, 4.69) is 22.2 Å². The first-order valence-corrected chi connectivity index (χ1v) is 6.07. The van der Waals surface area contributed by atoms with E-state index in [-0.39, 0.29) is 11.7 Å². The maximum atomic E-state index is 12.8. The van der Waals surface area contributed by atoms with Crippen LogP contribution in [0.2, 0.25) is 0 Å². The summed E-state index contributed by atoms with van der Waals surface area (Å²) in [7, 11) is 0. The van der Waals surface area contributed by atoms with E-state index in [0.717, 1.165) is 5.69 Å². The molecule has 0 radical (unpaired) electrons. The van der Waals surface area contributed by atoms with E-state index in [0.29, 0.717) is 17.9 Å². The number of anilines is 2. The van der Waals surface area contributed by atoms with Crippen LogP contribution in [0.1, 0.15) is 10.4 Å². The van der Waals surface area contributed by atoms with Gasteiger partial charge in [0, 0.05) is 12.1 Å². The van der Waals surface area contributed by atoms with Gasteiger partial charge in [-0.1, -0.05) is 6.08 Å². The number of nitrogens with one attached hydrogen (secondary N) is 2. The van der Waals surface area contributed by atoms with Gasteiger partial charge in [-0.05, 0) is 36.4 Å². The third-order valence-electron chi connectivity index (χ3n) is 2.56. The van der Waals surface area contributed by atoms with E-state index >= 15 is 0 Å². The molecule has 4 nitrogen and oxygen atoms in total. The Labute approximate surface area is 116 Å². The minimum Gasteiger partial charge on any atom is -0.380 e. The number of pyridine rings is 1. The number of carbonyl (C=O) groups is 1. The molecule has 1 amide bonds. The molecule has 0 aliphatic heterocycles. The van der Waals surface area contributed by atoms with E-state index in [4.69, 9.17) is 0 Å². The molecule has 0 unspecified atom stereocenters. The highest BCUT2D eigenvalue weighted by molar-refractivity contribution is 6.03. The fourth-order valence-electron chi connectivity index (χ4n) is 1.55. The topological polar surface area (TPSA) is 54.0 Å². The summed E-state index contributed by atoms with van der Waals surface area (Å²) in [5, 5.41) is 5.72. The zero-order valence-electron chi connectivity index (χ0n) is 10.8. The third kappa shape index (κ3) is 3.65. The number of benzene rings is 1. The summed E-state index contributed by atoms with van der Waals surface area (Å²) in [4.78, 5) is 16.0. The molecule has 2 N–H and O–H groups in total. The third-order valence-corrected chi connectivity index (χ3v) is 2.56. The molecule has 0 atom stereocenters. The first-order chi connectivity index (χ1) is 9.69. The number of hydrogen-bond acceptors (Lipinski definition) is 3. The molecule has 1 aromatic heterocycles. The van der Waals surface area contributed by atoms with Gasteiger partial charge >= 0.3 is 0 Å². The monoisotopic (exact) mass is 271 g/mol. The van der Waals surface area contributed by atoms with E-state index in [9.17, 15) is 9.18 Å². The number of nitrogens with zero attached hydrogens (tertiary/aromatic N) is 1. The second-order valence-corrected chi connectivity index (χ2v) is 4.06. The van der Waals surface area contributed by atoms with Crippen molar-refractivity contribution in [3.8, 4) is 0 Å². The van der Waals surface area contributed by atoms with Gasteiger partial charge in [-0.25, -0.2) is 9.37 Å². The van der Waals surface area contributed by atoms with Crippen LogP contribution in [-0.4, -0.2) is 17.4 Å². The largest absolute Gasteiger partial charge is 0.380 e. The van der Waals surface area contributed by atoms with E-state index in [1.54, 1.807) is 24.4 Å². The van der Waals surface area contributed by atoms with Crippen molar-refractivity contribution in [2.45, 2.75) is 0 Å². The smallest absolute Gasteiger partial charge is 0.256 e. The predicted molar refractivity (Wildman–Crippen MR) is 77.3 cm³/mol. The van der Waals surface area contributed by atoms with Gasteiger partial charge in [0.05, 0.1) is 11.9 Å². The number of hydrogen-bond donors (Lipinski definition) is 2. The van der Waals surface area contributed by atoms with Crippen LogP contribution in [0, 0.1) is 5.82 Å². The molecule has 0 bridgehead atoms. The minimum atomic E-state index is -0.377. The van der Waals surface area contributed by atoms with Gasteiger partial charge in [-0.2, -0.15) is 0 Å². The van der Waals surface area contributed by atoms with Crippen LogP contribution in [0.15, 0.2) is 55.3 Å². The van der Waals surface area contributed by atoms with Gasteiger partial charge in [0.1, 0.15) is 11.6 Å². The maximum absolute atomic E-state index is 12.8. The molecule has 5 heteroatoms. The van der Waals surface area contributed by atoms with E-state index in [1.165, 1.54) is 24.3 Å². The molecule has 0 aliphatic rings. The molecular weight excluding hydrogens is 257 g/mol. The summed E-state index contributed by atoms with van der Waals surface area (Å²) < 4.78 is 12.8. The molecular formula is C15H14FN3O. The van der Waals surface area contributed by atoms with E-state index < -0.39 is 0 Å². The standard InChI is InChI=1S/C15H14FN3O/c1-2-9-17-13-7-8-14(18-10-13)19-15(20)11-3-5-12(16)6-4-11/h2-8,10,17H,1,9H2,(H,18,19,20). The van der Waals surface area contributed by atoms with Gasteiger partial charge in [0.2, 0.25) is 0 Å². The van der Waals surface area contributed by atoms with Crippen molar-refractivity contribution < 1.29 is 9.18 Å². The molecule has 102 valence electrons. The van der Waals surface area contributed by atoms with Crippen LogP contribution in [0.5, 0.6) is 0 Å². The van der Waals surface area contributed by atoms with Gasteiger partial charge < -0.3 is 10.6 Å². The van der Waals surface area contributed by atoms with E-state index in [1.807, 2.05) is 0 Å². The van der Waals surface area contributed by atoms with Crippen molar-refractivity contribution in [2.75, 3.05) is 17.2 Å². The zero-order valence-corrected chi connectivity index (χ0v) is 10.8. The lowest BCUT2D eigenvalue weighted by Crippen LogP contribution is -2.13. The Morgan fingerprint density at radius 3 is 2.60 bits per heavy atom. The van der Waals surface area contributed by atoms with Crippen LogP contribution in [0.3, 0.4) is 0 Å². The Morgan fingerprint density at radius 2 is 2.00 bits per heavy atom. The normalized spacial score (nSPS) is 9.85. The second-order valence-electron chi connectivity index (χ2n) is 4.06. The van der Waals surface area contributed by atoms with Gasteiger partial charge in [0.25, 0.3) is 5.91 Å². The number of aromatic nitrogens is 1. The summed E-state index contributed by atoms with van der Waals surface area (Å²) in [5.41, 5.74) is 1.21. The summed E-state index contributed by atoms with van der Waals surface area (Å²) in [5.74, 6) is -0.273. The molecule has 1 heterocycles. The van der Waals surface area contributed by atoms with Crippen molar-refractivity contribution in [3.05, 3.63) is 66.6 Å². The van der Waals surface area contributed by atoms with Crippen LogP contribution in [-0.2, 0) is 0 Å². The molecule has 1 aromatic carbocycles. The molecule has 0 spiro atoms. The maximum Gasteiger partial charge on any atom is 0.256 e.